The van der Waals surface area contributed by atoms with E-state index in [2.05, 4.69) is 22.4 Å². The molecule has 0 saturated carbocycles. The number of aromatic nitrogens is 1. The molecule has 0 spiro atoms. The minimum Gasteiger partial charge on any atom is -0.506 e. The summed E-state index contributed by atoms with van der Waals surface area (Å²) in [5.41, 5.74) is 7.30. The molecule has 1 aromatic carbocycles. The van der Waals surface area contributed by atoms with Crippen LogP contribution in [0.2, 0.25) is 0 Å². The molecular weight excluding hydrogens is 334 g/mol. The van der Waals surface area contributed by atoms with Crippen LogP contribution in [0.15, 0.2) is 30.3 Å². The van der Waals surface area contributed by atoms with Gasteiger partial charge in [-0.05, 0) is 63.9 Å². The van der Waals surface area contributed by atoms with Gasteiger partial charge in [-0.3, -0.25) is 0 Å². The van der Waals surface area contributed by atoms with Crippen LogP contribution in [0.4, 0.5) is 0 Å². The van der Waals surface area contributed by atoms with Crippen LogP contribution in [0.3, 0.4) is 0 Å². The van der Waals surface area contributed by atoms with Crippen molar-refractivity contribution < 1.29 is 5.11 Å². The van der Waals surface area contributed by atoms with Gasteiger partial charge in [-0.2, -0.15) is 0 Å². The number of nitrogens with one attached hydrogen (secondary N) is 1. The van der Waals surface area contributed by atoms with E-state index in [0.29, 0.717) is 0 Å². The summed E-state index contributed by atoms with van der Waals surface area (Å²) in [6, 6.07) is 9.68. The van der Waals surface area contributed by atoms with Gasteiger partial charge in [0.05, 0.1) is 0 Å². The maximum atomic E-state index is 9.92. The lowest BCUT2D eigenvalue weighted by Crippen LogP contribution is -2.16. The first kappa shape index (κ1) is 21.6. The summed E-state index contributed by atoms with van der Waals surface area (Å²) in [5, 5.41) is 14.5. The van der Waals surface area contributed by atoms with E-state index in [4.69, 9.17) is 5.73 Å². The number of aromatic hydroxyl groups is 1. The van der Waals surface area contributed by atoms with Crippen LogP contribution >= 0.6 is 0 Å². The fraction of sp³-hybridized carbons (Fsp3) is 0.609. The van der Waals surface area contributed by atoms with E-state index in [9.17, 15) is 5.11 Å². The first-order valence-corrected chi connectivity index (χ1v) is 10.8. The maximum Gasteiger partial charge on any atom is 0.141 e. The van der Waals surface area contributed by atoms with Gasteiger partial charge < -0.3 is 16.2 Å². The van der Waals surface area contributed by atoms with Crippen molar-refractivity contribution in [2.75, 3.05) is 19.6 Å². The quantitative estimate of drug-likeness (QED) is 0.388. The molecule has 0 aliphatic rings. The summed E-state index contributed by atoms with van der Waals surface area (Å²) >= 11 is 0. The van der Waals surface area contributed by atoms with Gasteiger partial charge in [0.15, 0.2) is 0 Å². The standard InChI is InChI=1S/C23H37N3O/c24-17-8-4-1-2-5-9-18-25-19-10-6-3-7-13-21-16-15-20-12-11-14-22(27)23(20)26-21/h11-12,14-16,25,27H,1-10,13,17-19,24H2. The summed E-state index contributed by atoms with van der Waals surface area (Å²) in [5.74, 6) is 0.274. The largest absolute Gasteiger partial charge is 0.506 e. The maximum absolute atomic E-state index is 9.92. The van der Waals surface area contributed by atoms with E-state index in [0.717, 1.165) is 49.1 Å². The highest BCUT2D eigenvalue weighted by Crippen LogP contribution is 2.22. The molecule has 0 amide bonds. The number of nitrogens with zero attached hydrogens (tertiary/aromatic N) is 1. The summed E-state index contributed by atoms with van der Waals surface area (Å²) < 4.78 is 0. The van der Waals surface area contributed by atoms with Crippen LogP contribution in [0.1, 0.15) is 69.9 Å². The Morgan fingerprint density at radius 1 is 0.778 bits per heavy atom. The molecule has 0 bridgehead atoms. The zero-order valence-electron chi connectivity index (χ0n) is 16.8. The van der Waals surface area contributed by atoms with Crippen LogP contribution in [-0.4, -0.2) is 29.7 Å². The van der Waals surface area contributed by atoms with E-state index >= 15 is 0 Å². The van der Waals surface area contributed by atoms with Crippen molar-refractivity contribution in [3.05, 3.63) is 36.0 Å². The fourth-order valence-electron chi connectivity index (χ4n) is 3.45. The summed E-state index contributed by atoms with van der Waals surface area (Å²) in [6.45, 7) is 3.13. The molecule has 0 saturated heterocycles. The molecule has 4 heteroatoms. The molecule has 1 heterocycles. The fourth-order valence-corrected chi connectivity index (χ4v) is 3.45. The van der Waals surface area contributed by atoms with Gasteiger partial charge in [0.1, 0.15) is 11.3 Å². The van der Waals surface area contributed by atoms with E-state index in [1.165, 1.54) is 57.8 Å². The SMILES string of the molecule is NCCCCCCCCNCCCCCCc1ccc2cccc(O)c2n1. The van der Waals surface area contributed by atoms with Gasteiger partial charge in [-0.25, -0.2) is 4.98 Å². The average Bonchev–Trinajstić information content (AvgIpc) is 2.69. The van der Waals surface area contributed by atoms with Gasteiger partial charge in [-0.15, -0.1) is 0 Å². The number of unbranched alkanes of at least 4 members (excludes halogenated alkanes) is 8. The first-order chi connectivity index (χ1) is 13.3. The molecule has 0 aliphatic heterocycles. The highest BCUT2D eigenvalue weighted by Gasteiger charge is 2.02. The Kier molecular flexibility index (Phi) is 10.8. The molecule has 0 atom stereocenters. The molecule has 1 aromatic heterocycles. The van der Waals surface area contributed by atoms with Gasteiger partial charge in [0.25, 0.3) is 0 Å². The molecule has 4 nitrogen and oxygen atoms in total. The number of hydrogen-bond donors (Lipinski definition) is 3. The lowest BCUT2D eigenvalue weighted by molar-refractivity contribution is 0.480. The molecule has 0 fully saturated rings. The number of phenolic OH excluding ortho intramolecular Hbond substituents is 1. The van der Waals surface area contributed by atoms with E-state index in [1.807, 2.05) is 12.1 Å². The Bertz CT molecular complexity index is 645. The first-order valence-electron chi connectivity index (χ1n) is 10.8. The lowest BCUT2D eigenvalue weighted by Gasteiger charge is -2.06. The summed E-state index contributed by atoms with van der Waals surface area (Å²) in [6.07, 6.45) is 13.7. The zero-order valence-corrected chi connectivity index (χ0v) is 16.8. The smallest absolute Gasteiger partial charge is 0.141 e. The van der Waals surface area contributed by atoms with E-state index in [-0.39, 0.29) is 5.75 Å². The number of fused-ring (bicyclic) bond motifs is 1. The Labute approximate surface area is 164 Å². The average molecular weight is 372 g/mol. The van der Waals surface area contributed by atoms with Crippen LogP contribution in [0.5, 0.6) is 5.75 Å². The minimum absolute atomic E-state index is 0.274. The monoisotopic (exact) mass is 371 g/mol. The predicted molar refractivity (Wildman–Crippen MR) is 115 cm³/mol. The summed E-state index contributed by atoms with van der Waals surface area (Å²) in [4.78, 5) is 4.61. The molecule has 2 aromatic rings. The highest BCUT2D eigenvalue weighted by atomic mass is 16.3. The van der Waals surface area contributed by atoms with Gasteiger partial charge >= 0.3 is 0 Å². The van der Waals surface area contributed by atoms with Gasteiger partial charge in [-0.1, -0.05) is 56.7 Å². The number of phenols is 1. The van der Waals surface area contributed by atoms with Crippen molar-refractivity contribution in [2.45, 2.75) is 70.6 Å². The van der Waals surface area contributed by atoms with E-state index in [1.54, 1.807) is 6.07 Å². The van der Waals surface area contributed by atoms with Crippen LogP contribution in [0, 0.1) is 0 Å². The molecule has 4 N–H and O–H groups in total. The Morgan fingerprint density at radius 2 is 1.44 bits per heavy atom. The molecule has 0 unspecified atom stereocenters. The third kappa shape index (κ3) is 8.72. The second kappa shape index (κ2) is 13.5. The van der Waals surface area contributed by atoms with Crippen molar-refractivity contribution in [1.82, 2.24) is 10.3 Å². The number of pyridine rings is 1. The Hall–Kier alpha value is -1.65. The highest BCUT2D eigenvalue weighted by molar-refractivity contribution is 5.84. The third-order valence-electron chi connectivity index (χ3n) is 5.10. The Balaban J connectivity index is 1.44. The second-order valence-corrected chi connectivity index (χ2v) is 7.48. The number of rotatable bonds is 15. The number of nitrogens with two attached hydrogens (primary N) is 1. The topological polar surface area (TPSA) is 71.2 Å². The molecule has 0 radical (unpaired) electrons. The second-order valence-electron chi connectivity index (χ2n) is 7.48. The molecule has 2 rings (SSSR count). The zero-order chi connectivity index (χ0) is 19.2. The molecule has 0 aliphatic carbocycles. The summed E-state index contributed by atoms with van der Waals surface area (Å²) in [7, 11) is 0. The van der Waals surface area contributed by atoms with Crippen LogP contribution < -0.4 is 11.1 Å². The third-order valence-corrected chi connectivity index (χ3v) is 5.10. The Morgan fingerprint density at radius 3 is 2.19 bits per heavy atom. The minimum atomic E-state index is 0.274. The van der Waals surface area contributed by atoms with Crippen molar-refractivity contribution >= 4 is 10.9 Å². The molecule has 27 heavy (non-hydrogen) atoms. The molecular formula is C23H37N3O. The van der Waals surface area contributed by atoms with Crippen molar-refractivity contribution in [3.8, 4) is 5.75 Å². The number of para-hydroxylation sites is 1. The lowest BCUT2D eigenvalue weighted by atomic mass is 10.1. The van der Waals surface area contributed by atoms with Gasteiger partial charge in [0, 0.05) is 11.1 Å². The van der Waals surface area contributed by atoms with Crippen molar-refractivity contribution in [3.63, 3.8) is 0 Å². The van der Waals surface area contributed by atoms with Crippen LogP contribution in [0.25, 0.3) is 10.9 Å². The normalized spacial score (nSPS) is 11.3. The van der Waals surface area contributed by atoms with Crippen molar-refractivity contribution in [1.29, 1.82) is 0 Å². The van der Waals surface area contributed by atoms with Gasteiger partial charge in [0.2, 0.25) is 0 Å². The molecule has 150 valence electrons. The number of benzene rings is 1. The number of aryl methyl sites for hydroxylation is 1. The van der Waals surface area contributed by atoms with Crippen LogP contribution in [-0.2, 0) is 6.42 Å². The predicted octanol–water partition coefficient (Wildman–Crippen LogP) is 4.93. The van der Waals surface area contributed by atoms with E-state index < -0.39 is 0 Å². The van der Waals surface area contributed by atoms with Crippen molar-refractivity contribution in [2.24, 2.45) is 5.73 Å². The number of hydrogen-bond acceptors (Lipinski definition) is 4.